The van der Waals surface area contributed by atoms with Gasteiger partial charge < -0.3 is 24.8 Å². The standard InChI is InChI=1S/C21H24N2O5S/c1-27-18-9-13-7-8-23(17(12-20(24)25)16(13)11-19(18)28-2)21(26)22-14-5-4-6-15(10-14)29-3/h4-6,9-11,17H,7-8,12H2,1-3H3,(H,22,26)(H,24,25)/t17-/m0/s1. The van der Waals surface area contributed by atoms with Crippen LogP contribution in [0.3, 0.4) is 0 Å². The lowest BCUT2D eigenvalue weighted by Gasteiger charge is -2.37. The summed E-state index contributed by atoms with van der Waals surface area (Å²) in [7, 11) is 3.09. The number of carboxylic acid groups (broad SMARTS) is 1. The minimum absolute atomic E-state index is 0.194. The number of nitrogens with zero attached hydrogens (tertiary/aromatic N) is 1. The topological polar surface area (TPSA) is 88.1 Å². The summed E-state index contributed by atoms with van der Waals surface area (Å²) in [5, 5.41) is 12.4. The summed E-state index contributed by atoms with van der Waals surface area (Å²) in [5.41, 5.74) is 2.40. The number of thioether (sulfide) groups is 1. The van der Waals surface area contributed by atoms with Crippen LogP contribution in [0.1, 0.15) is 23.6 Å². The number of hydrogen-bond acceptors (Lipinski definition) is 5. The predicted octanol–water partition coefficient (Wildman–Crippen LogP) is 4.03. The first-order chi connectivity index (χ1) is 14.0. The van der Waals surface area contributed by atoms with Crippen LogP contribution in [0.25, 0.3) is 0 Å². The molecule has 8 heteroatoms. The molecule has 2 aromatic rings. The number of carbonyl (C=O) groups excluding carboxylic acids is 1. The van der Waals surface area contributed by atoms with Crippen LogP contribution >= 0.6 is 11.8 Å². The number of aliphatic carboxylic acids is 1. The number of rotatable bonds is 6. The van der Waals surface area contributed by atoms with Crippen molar-refractivity contribution in [3.8, 4) is 11.5 Å². The van der Waals surface area contributed by atoms with Crippen LogP contribution in [-0.2, 0) is 11.2 Å². The van der Waals surface area contributed by atoms with Crippen LogP contribution < -0.4 is 14.8 Å². The van der Waals surface area contributed by atoms with Crippen LogP contribution in [0.4, 0.5) is 10.5 Å². The molecule has 2 amide bonds. The molecule has 0 aliphatic carbocycles. The fraction of sp³-hybridized carbons (Fsp3) is 0.333. The molecule has 0 saturated carbocycles. The van der Waals surface area contributed by atoms with Crippen molar-refractivity contribution in [2.24, 2.45) is 0 Å². The molecule has 0 aromatic heterocycles. The van der Waals surface area contributed by atoms with Crippen molar-refractivity contribution in [2.45, 2.75) is 23.8 Å². The number of nitrogens with one attached hydrogen (secondary N) is 1. The first-order valence-electron chi connectivity index (χ1n) is 9.15. The van der Waals surface area contributed by atoms with Crippen molar-refractivity contribution < 1.29 is 24.2 Å². The van der Waals surface area contributed by atoms with Gasteiger partial charge in [0.15, 0.2) is 11.5 Å². The van der Waals surface area contributed by atoms with E-state index in [0.717, 1.165) is 16.0 Å². The Morgan fingerprint density at radius 3 is 2.59 bits per heavy atom. The highest BCUT2D eigenvalue weighted by Crippen LogP contribution is 2.39. The number of benzene rings is 2. The molecule has 0 fully saturated rings. The Hall–Kier alpha value is -2.87. The number of amides is 2. The van der Waals surface area contributed by atoms with E-state index in [1.807, 2.05) is 36.6 Å². The molecular formula is C21H24N2O5S. The van der Waals surface area contributed by atoms with E-state index in [1.165, 1.54) is 7.11 Å². The van der Waals surface area contributed by atoms with Crippen molar-refractivity contribution >= 4 is 29.4 Å². The Morgan fingerprint density at radius 2 is 1.93 bits per heavy atom. The summed E-state index contributed by atoms with van der Waals surface area (Å²) in [5.74, 6) is 0.128. The highest BCUT2D eigenvalue weighted by atomic mass is 32.2. The average molecular weight is 416 g/mol. The molecule has 154 valence electrons. The summed E-state index contributed by atoms with van der Waals surface area (Å²) in [6.45, 7) is 0.411. The number of carboxylic acids is 1. The van der Waals surface area contributed by atoms with Crippen molar-refractivity contribution in [3.63, 3.8) is 0 Å². The maximum absolute atomic E-state index is 13.0. The molecule has 2 aromatic carbocycles. The van der Waals surface area contributed by atoms with E-state index < -0.39 is 12.0 Å². The number of urea groups is 1. The monoisotopic (exact) mass is 416 g/mol. The smallest absolute Gasteiger partial charge is 0.322 e. The lowest BCUT2D eigenvalue weighted by molar-refractivity contribution is -0.138. The van der Waals surface area contributed by atoms with Crippen molar-refractivity contribution in [3.05, 3.63) is 47.5 Å². The fourth-order valence-corrected chi connectivity index (χ4v) is 4.01. The number of ether oxygens (including phenoxy) is 2. The molecule has 0 saturated heterocycles. The SMILES string of the molecule is COc1cc2c(cc1OC)[C@H](CC(=O)O)N(C(=O)Nc1cccc(SC)c1)CC2. The Bertz CT molecular complexity index is 918. The summed E-state index contributed by atoms with van der Waals surface area (Å²) >= 11 is 1.58. The molecule has 0 radical (unpaired) electrons. The second-order valence-corrected chi connectivity index (χ2v) is 7.50. The van der Waals surface area contributed by atoms with Gasteiger partial charge in [0.2, 0.25) is 0 Å². The Labute approximate surface area is 174 Å². The van der Waals surface area contributed by atoms with E-state index in [2.05, 4.69) is 5.32 Å². The minimum atomic E-state index is -0.972. The molecule has 29 heavy (non-hydrogen) atoms. The summed E-state index contributed by atoms with van der Waals surface area (Å²) in [4.78, 5) is 27.2. The van der Waals surface area contributed by atoms with E-state index in [-0.39, 0.29) is 12.5 Å². The van der Waals surface area contributed by atoms with Crippen molar-refractivity contribution in [1.29, 1.82) is 0 Å². The van der Waals surface area contributed by atoms with Gasteiger partial charge in [-0.15, -0.1) is 11.8 Å². The van der Waals surface area contributed by atoms with E-state index in [1.54, 1.807) is 29.8 Å². The normalized spacial score (nSPS) is 15.4. The third-order valence-corrected chi connectivity index (χ3v) is 5.68. The third-order valence-electron chi connectivity index (χ3n) is 4.95. The van der Waals surface area contributed by atoms with Crippen LogP contribution in [0, 0.1) is 0 Å². The van der Waals surface area contributed by atoms with Gasteiger partial charge in [-0.05, 0) is 54.1 Å². The highest BCUT2D eigenvalue weighted by Gasteiger charge is 2.33. The van der Waals surface area contributed by atoms with Gasteiger partial charge in [-0.1, -0.05) is 6.07 Å². The molecule has 0 spiro atoms. The number of fused-ring (bicyclic) bond motifs is 1. The van der Waals surface area contributed by atoms with Gasteiger partial charge in [0.1, 0.15) is 0 Å². The fourth-order valence-electron chi connectivity index (χ4n) is 3.55. The molecule has 7 nitrogen and oxygen atoms in total. The van der Waals surface area contributed by atoms with Gasteiger partial charge >= 0.3 is 12.0 Å². The van der Waals surface area contributed by atoms with Gasteiger partial charge in [0.25, 0.3) is 0 Å². The predicted molar refractivity (Wildman–Crippen MR) is 112 cm³/mol. The lowest BCUT2D eigenvalue weighted by Crippen LogP contribution is -2.43. The Kier molecular flexibility index (Phi) is 6.53. The van der Waals surface area contributed by atoms with Gasteiger partial charge in [0.05, 0.1) is 26.7 Å². The molecule has 1 heterocycles. The molecular weight excluding hydrogens is 392 g/mol. The number of hydrogen-bond donors (Lipinski definition) is 2. The zero-order valence-electron chi connectivity index (χ0n) is 16.6. The number of methoxy groups -OCH3 is 2. The summed E-state index contributed by atoms with van der Waals surface area (Å²) in [6, 6.07) is 10.3. The van der Waals surface area contributed by atoms with Crippen LogP contribution in [0.2, 0.25) is 0 Å². The van der Waals surface area contributed by atoms with E-state index in [4.69, 9.17) is 9.47 Å². The zero-order valence-corrected chi connectivity index (χ0v) is 17.4. The summed E-state index contributed by atoms with van der Waals surface area (Å²) < 4.78 is 10.7. The third kappa shape index (κ3) is 4.59. The van der Waals surface area contributed by atoms with Crippen LogP contribution in [-0.4, -0.2) is 49.0 Å². The summed E-state index contributed by atoms with van der Waals surface area (Å²) in [6.07, 6.45) is 2.37. The Balaban J connectivity index is 1.92. The average Bonchev–Trinajstić information content (AvgIpc) is 2.72. The van der Waals surface area contributed by atoms with Crippen LogP contribution in [0.15, 0.2) is 41.3 Å². The molecule has 3 rings (SSSR count). The maximum atomic E-state index is 13.0. The minimum Gasteiger partial charge on any atom is -0.493 e. The molecule has 1 aliphatic rings. The molecule has 0 bridgehead atoms. The van der Waals surface area contributed by atoms with Gasteiger partial charge in [-0.3, -0.25) is 4.79 Å². The quantitative estimate of drug-likeness (QED) is 0.691. The van der Waals surface area contributed by atoms with Gasteiger partial charge in [0, 0.05) is 17.1 Å². The van der Waals surface area contributed by atoms with E-state index >= 15 is 0 Å². The first kappa shape index (κ1) is 20.9. The number of carbonyl (C=O) groups is 2. The van der Waals surface area contributed by atoms with E-state index in [0.29, 0.717) is 30.2 Å². The van der Waals surface area contributed by atoms with Crippen molar-refractivity contribution in [2.75, 3.05) is 32.3 Å². The number of anilines is 1. The molecule has 1 aliphatic heterocycles. The van der Waals surface area contributed by atoms with Gasteiger partial charge in [-0.25, -0.2) is 4.79 Å². The van der Waals surface area contributed by atoms with Crippen molar-refractivity contribution in [1.82, 2.24) is 4.90 Å². The second-order valence-electron chi connectivity index (χ2n) is 6.63. The highest BCUT2D eigenvalue weighted by molar-refractivity contribution is 7.98. The van der Waals surface area contributed by atoms with E-state index in [9.17, 15) is 14.7 Å². The van der Waals surface area contributed by atoms with Crippen LogP contribution in [0.5, 0.6) is 11.5 Å². The molecule has 2 N–H and O–H groups in total. The molecule has 1 atom stereocenters. The molecule has 0 unspecified atom stereocenters. The zero-order chi connectivity index (χ0) is 21.0. The Morgan fingerprint density at radius 1 is 1.21 bits per heavy atom. The maximum Gasteiger partial charge on any atom is 0.322 e. The second kappa shape index (κ2) is 9.09. The lowest BCUT2D eigenvalue weighted by atomic mass is 9.90. The van der Waals surface area contributed by atoms with Gasteiger partial charge in [-0.2, -0.15) is 0 Å². The first-order valence-corrected chi connectivity index (χ1v) is 10.4. The largest absolute Gasteiger partial charge is 0.493 e.